The number of aryl methyl sites for hydroxylation is 1. The molecule has 0 spiro atoms. The highest BCUT2D eigenvalue weighted by Gasteiger charge is 2.12. The third-order valence-corrected chi connectivity index (χ3v) is 3.04. The van der Waals surface area contributed by atoms with Crippen LogP contribution in [-0.2, 0) is 6.54 Å². The molecule has 0 atom stereocenters. The molecule has 2 aromatic rings. The van der Waals surface area contributed by atoms with Gasteiger partial charge >= 0.3 is 0 Å². The lowest BCUT2D eigenvalue weighted by Gasteiger charge is -2.09. The number of carbonyl (C=O) groups is 1. The van der Waals surface area contributed by atoms with E-state index in [0.29, 0.717) is 12.3 Å². The van der Waals surface area contributed by atoms with Crippen LogP contribution in [0.3, 0.4) is 0 Å². The number of hydrogen-bond donors (Lipinski definition) is 2. The minimum Gasteiger partial charge on any atom is -0.507 e. The third kappa shape index (κ3) is 3.06. The molecule has 0 saturated heterocycles. The van der Waals surface area contributed by atoms with Crippen molar-refractivity contribution in [3.05, 3.63) is 53.3 Å². The van der Waals surface area contributed by atoms with E-state index in [4.69, 9.17) is 4.74 Å². The Balaban J connectivity index is 2.11. The number of phenolic OH excluding ortho intramolecular Hbond substituents is 1. The van der Waals surface area contributed by atoms with Crippen molar-refractivity contribution in [2.24, 2.45) is 0 Å². The van der Waals surface area contributed by atoms with Crippen LogP contribution in [0.15, 0.2) is 36.7 Å². The topological polar surface area (TPSA) is 71.5 Å². The third-order valence-electron chi connectivity index (χ3n) is 3.04. The van der Waals surface area contributed by atoms with Crippen LogP contribution in [0.25, 0.3) is 0 Å². The summed E-state index contributed by atoms with van der Waals surface area (Å²) in [4.78, 5) is 16.1. The molecule has 0 bridgehead atoms. The molecule has 0 fully saturated rings. The number of phenols is 1. The summed E-state index contributed by atoms with van der Waals surface area (Å²) in [6.07, 6.45) is 3.41. The molecular weight excluding hydrogens is 256 g/mol. The Kier molecular flexibility index (Phi) is 4.20. The highest BCUT2D eigenvalue weighted by Crippen LogP contribution is 2.22. The lowest BCUT2D eigenvalue weighted by atomic mass is 10.1. The van der Waals surface area contributed by atoms with Gasteiger partial charge in [0.15, 0.2) is 0 Å². The fourth-order valence-corrected chi connectivity index (χ4v) is 1.78. The number of carbonyl (C=O) groups excluding carboxylic acids is 1. The average molecular weight is 272 g/mol. The molecule has 2 N–H and O–H groups in total. The summed E-state index contributed by atoms with van der Waals surface area (Å²) in [5, 5.41) is 12.5. The first-order valence-corrected chi connectivity index (χ1v) is 6.16. The van der Waals surface area contributed by atoms with Gasteiger partial charge in [-0.1, -0.05) is 0 Å². The number of rotatable bonds is 4. The Morgan fingerprint density at radius 1 is 1.40 bits per heavy atom. The molecule has 0 aliphatic carbocycles. The van der Waals surface area contributed by atoms with E-state index < -0.39 is 0 Å². The van der Waals surface area contributed by atoms with Gasteiger partial charge in [-0.3, -0.25) is 9.78 Å². The van der Waals surface area contributed by atoms with E-state index in [-0.39, 0.29) is 17.2 Å². The minimum atomic E-state index is -0.357. The summed E-state index contributed by atoms with van der Waals surface area (Å²) < 4.78 is 5.04. The first-order valence-electron chi connectivity index (χ1n) is 6.16. The smallest absolute Gasteiger partial charge is 0.255 e. The molecule has 0 unspecified atom stereocenters. The molecule has 1 aromatic heterocycles. The van der Waals surface area contributed by atoms with Gasteiger partial charge in [-0.25, -0.2) is 0 Å². The summed E-state index contributed by atoms with van der Waals surface area (Å²) in [6.45, 7) is 2.31. The first-order chi connectivity index (χ1) is 9.61. The molecule has 0 radical (unpaired) electrons. The van der Waals surface area contributed by atoms with Crippen molar-refractivity contribution in [1.29, 1.82) is 0 Å². The monoisotopic (exact) mass is 272 g/mol. The second kappa shape index (κ2) is 6.06. The summed E-state index contributed by atoms with van der Waals surface area (Å²) in [6, 6.07) is 6.41. The maximum atomic E-state index is 12.1. The van der Waals surface area contributed by atoms with Crippen LogP contribution >= 0.6 is 0 Å². The molecule has 0 aliphatic heterocycles. The average Bonchev–Trinajstić information content (AvgIpc) is 2.46. The van der Waals surface area contributed by atoms with Gasteiger partial charge in [0.25, 0.3) is 5.91 Å². The Labute approximate surface area is 117 Å². The van der Waals surface area contributed by atoms with Crippen molar-refractivity contribution in [3.63, 3.8) is 0 Å². The Bertz CT molecular complexity index is 626. The number of nitrogens with zero attached hydrogens (tertiary/aromatic N) is 1. The predicted molar refractivity (Wildman–Crippen MR) is 74.8 cm³/mol. The number of methoxy groups -OCH3 is 1. The van der Waals surface area contributed by atoms with Crippen molar-refractivity contribution < 1.29 is 14.6 Å². The molecule has 2 rings (SSSR count). The largest absolute Gasteiger partial charge is 0.507 e. The van der Waals surface area contributed by atoms with E-state index in [1.807, 2.05) is 13.0 Å². The zero-order chi connectivity index (χ0) is 14.5. The number of hydrogen-bond acceptors (Lipinski definition) is 4. The quantitative estimate of drug-likeness (QED) is 0.893. The van der Waals surface area contributed by atoms with E-state index in [2.05, 4.69) is 10.3 Å². The normalized spacial score (nSPS) is 10.1. The lowest BCUT2D eigenvalue weighted by molar-refractivity contribution is 0.0948. The van der Waals surface area contributed by atoms with Crippen molar-refractivity contribution >= 4 is 5.91 Å². The van der Waals surface area contributed by atoms with E-state index in [0.717, 1.165) is 11.1 Å². The minimum absolute atomic E-state index is 0.0776. The van der Waals surface area contributed by atoms with Crippen molar-refractivity contribution in [3.8, 4) is 11.5 Å². The number of ether oxygens (including phenoxy) is 1. The van der Waals surface area contributed by atoms with Crippen LogP contribution in [0.5, 0.6) is 11.5 Å². The number of pyridine rings is 1. The van der Waals surface area contributed by atoms with Gasteiger partial charge in [-0.2, -0.15) is 0 Å². The van der Waals surface area contributed by atoms with Crippen molar-refractivity contribution in [1.82, 2.24) is 10.3 Å². The van der Waals surface area contributed by atoms with Crippen LogP contribution in [0, 0.1) is 6.92 Å². The highest BCUT2D eigenvalue weighted by molar-refractivity contribution is 5.97. The first kappa shape index (κ1) is 13.9. The van der Waals surface area contributed by atoms with Gasteiger partial charge in [0.1, 0.15) is 11.5 Å². The van der Waals surface area contributed by atoms with E-state index in [1.54, 1.807) is 18.5 Å². The van der Waals surface area contributed by atoms with E-state index in [9.17, 15) is 9.90 Å². The molecule has 5 nitrogen and oxygen atoms in total. The molecular formula is C15H16N2O3. The zero-order valence-electron chi connectivity index (χ0n) is 11.4. The second-order valence-corrected chi connectivity index (χ2v) is 4.37. The summed E-state index contributed by atoms with van der Waals surface area (Å²) in [5.74, 6) is 0.0846. The number of amides is 1. The van der Waals surface area contributed by atoms with Gasteiger partial charge in [0.05, 0.1) is 12.7 Å². The maximum absolute atomic E-state index is 12.1. The fourth-order valence-electron chi connectivity index (χ4n) is 1.78. The Hall–Kier alpha value is -2.56. The predicted octanol–water partition coefficient (Wildman–Crippen LogP) is 2.03. The molecule has 20 heavy (non-hydrogen) atoms. The molecule has 0 saturated carbocycles. The number of aromatic hydroxyl groups is 1. The maximum Gasteiger partial charge on any atom is 0.255 e. The van der Waals surface area contributed by atoms with E-state index in [1.165, 1.54) is 19.2 Å². The SMILES string of the molecule is COc1ccc(O)c(C(=O)NCc2cnccc2C)c1. The number of benzene rings is 1. The highest BCUT2D eigenvalue weighted by atomic mass is 16.5. The van der Waals surface area contributed by atoms with Crippen molar-refractivity contribution in [2.45, 2.75) is 13.5 Å². The van der Waals surface area contributed by atoms with Gasteiger partial charge in [0, 0.05) is 18.9 Å². The summed E-state index contributed by atoms with van der Waals surface area (Å²) >= 11 is 0. The van der Waals surface area contributed by atoms with Crippen LogP contribution < -0.4 is 10.1 Å². The molecule has 1 heterocycles. The van der Waals surface area contributed by atoms with Crippen LogP contribution in [-0.4, -0.2) is 23.1 Å². The zero-order valence-corrected chi connectivity index (χ0v) is 11.4. The molecule has 0 aliphatic rings. The standard InChI is InChI=1S/C15H16N2O3/c1-10-5-6-16-8-11(10)9-17-15(19)13-7-12(20-2)3-4-14(13)18/h3-8,18H,9H2,1-2H3,(H,17,19). The molecule has 5 heteroatoms. The number of aromatic nitrogens is 1. The van der Waals surface area contributed by atoms with Crippen molar-refractivity contribution in [2.75, 3.05) is 7.11 Å². The van der Waals surface area contributed by atoms with Crippen LogP contribution in [0.4, 0.5) is 0 Å². The van der Waals surface area contributed by atoms with Gasteiger partial charge in [0.2, 0.25) is 0 Å². The Morgan fingerprint density at radius 3 is 2.90 bits per heavy atom. The fraction of sp³-hybridized carbons (Fsp3) is 0.200. The molecule has 104 valence electrons. The van der Waals surface area contributed by atoms with Gasteiger partial charge in [-0.15, -0.1) is 0 Å². The molecule has 1 aromatic carbocycles. The van der Waals surface area contributed by atoms with Crippen LogP contribution in [0.2, 0.25) is 0 Å². The van der Waals surface area contributed by atoms with Gasteiger partial charge < -0.3 is 15.2 Å². The molecule has 1 amide bonds. The van der Waals surface area contributed by atoms with Crippen LogP contribution in [0.1, 0.15) is 21.5 Å². The lowest BCUT2D eigenvalue weighted by Crippen LogP contribution is -2.23. The summed E-state index contributed by atoms with van der Waals surface area (Å²) in [5.41, 5.74) is 2.17. The summed E-state index contributed by atoms with van der Waals surface area (Å²) in [7, 11) is 1.51. The number of nitrogens with one attached hydrogen (secondary N) is 1. The Morgan fingerprint density at radius 2 is 2.20 bits per heavy atom. The van der Waals surface area contributed by atoms with Gasteiger partial charge in [-0.05, 0) is 42.3 Å². The van der Waals surface area contributed by atoms with E-state index >= 15 is 0 Å². The second-order valence-electron chi connectivity index (χ2n) is 4.37.